The summed E-state index contributed by atoms with van der Waals surface area (Å²) in [5.74, 6) is 0.737. The Bertz CT molecular complexity index is 649. The van der Waals surface area contributed by atoms with E-state index in [0.717, 1.165) is 23.2 Å². The van der Waals surface area contributed by atoms with E-state index >= 15 is 0 Å². The number of halogens is 1. The van der Waals surface area contributed by atoms with Crippen molar-refractivity contribution < 1.29 is 8.42 Å². The molecule has 0 aliphatic heterocycles. The van der Waals surface area contributed by atoms with Crippen LogP contribution in [0.5, 0.6) is 0 Å². The lowest BCUT2D eigenvalue weighted by Crippen LogP contribution is -2.31. The second kappa shape index (κ2) is 4.71. The number of anilines is 1. The van der Waals surface area contributed by atoms with Gasteiger partial charge in [-0.3, -0.25) is 0 Å². The third-order valence-electron chi connectivity index (χ3n) is 4.53. The van der Waals surface area contributed by atoms with E-state index in [9.17, 15) is 8.42 Å². The smallest absolute Gasteiger partial charge is 0.240 e. The van der Waals surface area contributed by atoms with Crippen molar-refractivity contribution in [2.24, 2.45) is 11.3 Å². The summed E-state index contributed by atoms with van der Waals surface area (Å²) in [4.78, 5) is 0.282. The number of aryl methyl sites for hydroxylation is 1. The van der Waals surface area contributed by atoms with Crippen LogP contribution in [0.25, 0.3) is 0 Å². The monoisotopic (exact) mass is 358 g/mol. The number of hydrogen-bond donors (Lipinski definition) is 2. The Labute approximate surface area is 128 Å². The zero-order valence-electron chi connectivity index (χ0n) is 11.4. The van der Waals surface area contributed by atoms with Crippen molar-refractivity contribution in [3.05, 3.63) is 22.2 Å². The maximum absolute atomic E-state index is 12.5. The lowest BCUT2D eigenvalue weighted by atomic mass is 10.0. The Balaban J connectivity index is 1.79. The number of sulfonamides is 1. The van der Waals surface area contributed by atoms with Crippen LogP contribution in [0.4, 0.5) is 5.69 Å². The summed E-state index contributed by atoms with van der Waals surface area (Å²) < 4.78 is 28.4. The molecule has 2 aliphatic carbocycles. The standard InChI is InChI=1S/C14H19BrN2O2S/c1-9-6-11(15)12(16)7-13(9)20(18,19)17-8-14(4-5-14)10-2-3-10/h6-7,10,17H,2-5,8,16H2,1H3. The minimum Gasteiger partial charge on any atom is -0.398 e. The van der Waals surface area contributed by atoms with E-state index in [0.29, 0.717) is 17.8 Å². The molecule has 0 radical (unpaired) electrons. The van der Waals surface area contributed by atoms with E-state index in [1.54, 1.807) is 13.0 Å². The van der Waals surface area contributed by atoms with Crippen molar-refractivity contribution in [1.82, 2.24) is 4.72 Å². The normalized spacial score (nSPS) is 20.9. The average Bonchev–Trinajstić information content (AvgIpc) is 3.24. The van der Waals surface area contributed by atoms with Gasteiger partial charge < -0.3 is 5.73 Å². The number of benzene rings is 1. The van der Waals surface area contributed by atoms with E-state index in [2.05, 4.69) is 20.7 Å². The first-order chi connectivity index (χ1) is 9.34. The topological polar surface area (TPSA) is 72.2 Å². The summed E-state index contributed by atoms with van der Waals surface area (Å²) in [6, 6.07) is 3.27. The Morgan fingerprint density at radius 3 is 2.60 bits per heavy atom. The molecule has 2 saturated carbocycles. The van der Waals surface area contributed by atoms with Crippen LogP contribution >= 0.6 is 15.9 Å². The third kappa shape index (κ3) is 2.61. The summed E-state index contributed by atoms with van der Waals surface area (Å²) in [5, 5.41) is 0. The van der Waals surface area contributed by atoms with E-state index in [4.69, 9.17) is 5.73 Å². The van der Waals surface area contributed by atoms with Crippen molar-refractivity contribution >= 4 is 31.6 Å². The molecule has 3 rings (SSSR count). The fraction of sp³-hybridized carbons (Fsp3) is 0.571. The van der Waals surface area contributed by atoms with Crippen LogP contribution in [-0.4, -0.2) is 15.0 Å². The van der Waals surface area contributed by atoms with Gasteiger partial charge in [-0.05, 0) is 77.6 Å². The number of nitrogens with two attached hydrogens (primary N) is 1. The highest BCUT2D eigenvalue weighted by Gasteiger charge is 2.53. The average molecular weight is 359 g/mol. The molecule has 6 heteroatoms. The van der Waals surface area contributed by atoms with Crippen molar-refractivity contribution in [3.63, 3.8) is 0 Å². The predicted octanol–water partition coefficient (Wildman–Crippen LogP) is 2.81. The molecule has 0 unspecified atom stereocenters. The van der Waals surface area contributed by atoms with Gasteiger partial charge in [-0.2, -0.15) is 0 Å². The molecule has 0 spiro atoms. The molecule has 0 saturated heterocycles. The van der Waals surface area contributed by atoms with Crippen LogP contribution in [0, 0.1) is 18.3 Å². The molecule has 2 aliphatic rings. The van der Waals surface area contributed by atoms with Gasteiger partial charge in [-0.25, -0.2) is 13.1 Å². The van der Waals surface area contributed by atoms with E-state index in [-0.39, 0.29) is 10.3 Å². The molecule has 4 nitrogen and oxygen atoms in total. The van der Waals surface area contributed by atoms with Crippen LogP contribution in [0.15, 0.2) is 21.5 Å². The Morgan fingerprint density at radius 2 is 2.05 bits per heavy atom. The molecule has 3 N–H and O–H groups in total. The highest BCUT2D eigenvalue weighted by Crippen LogP contribution is 2.60. The highest BCUT2D eigenvalue weighted by atomic mass is 79.9. The largest absolute Gasteiger partial charge is 0.398 e. The first-order valence-corrected chi connectivity index (χ1v) is 9.17. The zero-order chi connectivity index (χ0) is 14.5. The number of nitrogen functional groups attached to an aromatic ring is 1. The van der Waals surface area contributed by atoms with Gasteiger partial charge in [0.05, 0.1) is 4.90 Å². The zero-order valence-corrected chi connectivity index (χ0v) is 13.9. The highest BCUT2D eigenvalue weighted by molar-refractivity contribution is 9.10. The van der Waals surface area contributed by atoms with Gasteiger partial charge in [-0.1, -0.05) is 0 Å². The minimum atomic E-state index is -3.48. The van der Waals surface area contributed by atoms with Crippen LogP contribution in [0.1, 0.15) is 31.2 Å². The molecule has 110 valence electrons. The van der Waals surface area contributed by atoms with Crippen LogP contribution in [-0.2, 0) is 10.0 Å². The Kier molecular flexibility index (Phi) is 3.38. The van der Waals surface area contributed by atoms with Gasteiger partial charge >= 0.3 is 0 Å². The molecule has 0 amide bonds. The summed E-state index contributed by atoms with van der Waals surface area (Å²) >= 11 is 3.31. The number of hydrogen-bond acceptors (Lipinski definition) is 3. The van der Waals surface area contributed by atoms with Gasteiger partial charge in [0.25, 0.3) is 0 Å². The van der Waals surface area contributed by atoms with Gasteiger partial charge in [0.1, 0.15) is 0 Å². The van der Waals surface area contributed by atoms with E-state index in [1.165, 1.54) is 18.9 Å². The predicted molar refractivity (Wildman–Crippen MR) is 82.9 cm³/mol. The fourth-order valence-corrected chi connectivity index (χ4v) is 4.72. The van der Waals surface area contributed by atoms with Crippen molar-refractivity contribution in [3.8, 4) is 0 Å². The van der Waals surface area contributed by atoms with Crippen LogP contribution in [0.2, 0.25) is 0 Å². The summed E-state index contributed by atoms with van der Waals surface area (Å²) in [5.41, 5.74) is 7.20. The second-order valence-corrected chi connectivity index (χ2v) is 8.69. The summed E-state index contributed by atoms with van der Waals surface area (Å²) in [6.07, 6.45) is 4.82. The SMILES string of the molecule is Cc1cc(Br)c(N)cc1S(=O)(=O)NCC1(C2CC2)CC1. The second-order valence-electron chi connectivity index (χ2n) is 6.10. The lowest BCUT2D eigenvalue weighted by Gasteiger charge is -2.16. The van der Waals surface area contributed by atoms with E-state index < -0.39 is 10.0 Å². The maximum atomic E-state index is 12.5. The molecule has 1 aromatic carbocycles. The first kappa shape index (κ1) is 14.4. The van der Waals surface area contributed by atoms with Gasteiger partial charge in [0.15, 0.2) is 0 Å². The molecular weight excluding hydrogens is 340 g/mol. The molecule has 2 fully saturated rings. The number of nitrogens with one attached hydrogen (secondary N) is 1. The Morgan fingerprint density at radius 1 is 1.40 bits per heavy atom. The van der Waals surface area contributed by atoms with Crippen molar-refractivity contribution in [2.75, 3.05) is 12.3 Å². The minimum absolute atomic E-state index is 0.252. The molecule has 0 heterocycles. The van der Waals surface area contributed by atoms with Crippen molar-refractivity contribution in [1.29, 1.82) is 0 Å². The molecule has 0 atom stereocenters. The first-order valence-electron chi connectivity index (χ1n) is 6.89. The molecule has 20 heavy (non-hydrogen) atoms. The van der Waals surface area contributed by atoms with Crippen LogP contribution < -0.4 is 10.5 Å². The van der Waals surface area contributed by atoms with Gasteiger partial charge in [-0.15, -0.1) is 0 Å². The molecule has 1 aromatic rings. The van der Waals surface area contributed by atoms with Crippen molar-refractivity contribution in [2.45, 2.75) is 37.5 Å². The molecule has 0 aromatic heterocycles. The van der Waals surface area contributed by atoms with E-state index in [1.807, 2.05) is 0 Å². The fourth-order valence-electron chi connectivity index (χ4n) is 2.86. The number of rotatable bonds is 5. The quantitative estimate of drug-likeness (QED) is 0.794. The van der Waals surface area contributed by atoms with Gasteiger partial charge in [0.2, 0.25) is 10.0 Å². The molecule has 0 bridgehead atoms. The lowest BCUT2D eigenvalue weighted by molar-refractivity contribution is 0.432. The molecular formula is C14H19BrN2O2S. The summed E-state index contributed by atoms with van der Waals surface area (Å²) in [6.45, 7) is 2.35. The third-order valence-corrected chi connectivity index (χ3v) is 6.76. The van der Waals surface area contributed by atoms with Gasteiger partial charge in [0, 0.05) is 16.7 Å². The van der Waals surface area contributed by atoms with Crippen LogP contribution in [0.3, 0.4) is 0 Å². The Hall–Kier alpha value is -0.590. The summed E-state index contributed by atoms with van der Waals surface area (Å²) in [7, 11) is -3.48. The maximum Gasteiger partial charge on any atom is 0.240 e.